The van der Waals surface area contributed by atoms with E-state index in [1.807, 2.05) is 33.8 Å². The first kappa shape index (κ1) is 21.5. The van der Waals surface area contributed by atoms with Crippen LogP contribution in [0.2, 0.25) is 0 Å². The highest BCUT2D eigenvalue weighted by Crippen LogP contribution is 2.64. The van der Waals surface area contributed by atoms with Gasteiger partial charge < -0.3 is 10.2 Å². The minimum absolute atomic E-state index is 0.0254. The van der Waals surface area contributed by atoms with E-state index in [4.69, 9.17) is 0 Å². The van der Waals surface area contributed by atoms with Crippen molar-refractivity contribution < 1.29 is 24.6 Å². The molecule has 0 aromatic heterocycles. The number of allylic oxidation sites excluding steroid dienone is 3. The van der Waals surface area contributed by atoms with E-state index < -0.39 is 16.6 Å². The van der Waals surface area contributed by atoms with Gasteiger partial charge in [0.25, 0.3) is 0 Å². The summed E-state index contributed by atoms with van der Waals surface area (Å²) in [4.78, 5) is 38.7. The summed E-state index contributed by atoms with van der Waals surface area (Å²) >= 11 is 0. The van der Waals surface area contributed by atoms with Gasteiger partial charge >= 0.3 is 0 Å². The molecule has 0 saturated carbocycles. The van der Waals surface area contributed by atoms with Crippen LogP contribution in [0.1, 0.15) is 74.5 Å². The molecule has 3 aliphatic carbocycles. The summed E-state index contributed by atoms with van der Waals surface area (Å²) in [5.41, 5.74) is 2.58. The molecule has 3 atom stereocenters. The van der Waals surface area contributed by atoms with Crippen molar-refractivity contribution in [1.82, 2.24) is 0 Å². The molecule has 164 valence electrons. The predicted molar refractivity (Wildman–Crippen MR) is 117 cm³/mol. The van der Waals surface area contributed by atoms with Crippen LogP contribution in [0.4, 0.5) is 0 Å². The fourth-order valence-electron chi connectivity index (χ4n) is 6.40. The van der Waals surface area contributed by atoms with Crippen molar-refractivity contribution in [3.8, 4) is 5.75 Å². The number of hydrogen-bond acceptors (Lipinski definition) is 5. The fourth-order valence-corrected chi connectivity index (χ4v) is 6.40. The van der Waals surface area contributed by atoms with E-state index in [2.05, 4.69) is 0 Å². The Kier molecular flexibility index (Phi) is 4.62. The number of aliphatic hydroxyl groups is 1. The van der Waals surface area contributed by atoms with E-state index in [9.17, 15) is 24.6 Å². The zero-order chi connectivity index (χ0) is 23.0. The molecular formula is C26H30O5. The van der Waals surface area contributed by atoms with Crippen LogP contribution >= 0.6 is 0 Å². The molecule has 31 heavy (non-hydrogen) atoms. The first-order valence-corrected chi connectivity index (χ1v) is 11.0. The number of fused-ring (bicyclic) bond motifs is 3. The Bertz CT molecular complexity index is 1130. The molecular weight excluding hydrogens is 392 g/mol. The summed E-state index contributed by atoms with van der Waals surface area (Å²) in [5.74, 6) is -1.26. The van der Waals surface area contributed by atoms with Crippen LogP contribution in [-0.2, 0) is 22.4 Å². The molecule has 1 aromatic carbocycles. The number of carbonyl (C=O) groups is 3. The van der Waals surface area contributed by atoms with Gasteiger partial charge in [0.2, 0.25) is 0 Å². The van der Waals surface area contributed by atoms with Gasteiger partial charge in [0.05, 0.1) is 16.6 Å². The number of aromatic hydroxyl groups is 1. The molecule has 1 aromatic rings. The topological polar surface area (TPSA) is 91.7 Å². The Balaban J connectivity index is 2.02. The monoisotopic (exact) mass is 422 g/mol. The maximum atomic E-state index is 13.8. The Morgan fingerprint density at radius 1 is 1.19 bits per heavy atom. The predicted octanol–water partition coefficient (Wildman–Crippen LogP) is 4.72. The average Bonchev–Trinajstić information content (AvgIpc) is 2.67. The van der Waals surface area contributed by atoms with E-state index in [1.54, 1.807) is 6.92 Å². The third kappa shape index (κ3) is 2.58. The minimum Gasteiger partial charge on any atom is -0.510 e. The summed E-state index contributed by atoms with van der Waals surface area (Å²) in [5, 5.41) is 22.0. The lowest BCUT2D eigenvalue weighted by Gasteiger charge is -2.56. The zero-order valence-corrected chi connectivity index (χ0v) is 19.1. The number of hydrogen-bond donors (Lipinski definition) is 2. The number of rotatable bonds is 2. The lowest BCUT2D eigenvalue weighted by Crippen LogP contribution is -2.52. The second kappa shape index (κ2) is 6.65. The van der Waals surface area contributed by atoms with Gasteiger partial charge in [-0.05, 0) is 75.0 Å². The molecule has 2 N–H and O–H groups in total. The first-order chi connectivity index (χ1) is 14.4. The van der Waals surface area contributed by atoms with Crippen LogP contribution in [-0.4, -0.2) is 27.6 Å². The first-order valence-electron chi connectivity index (χ1n) is 11.0. The Morgan fingerprint density at radius 2 is 1.84 bits per heavy atom. The molecule has 3 aliphatic rings. The molecule has 5 heteroatoms. The van der Waals surface area contributed by atoms with Crippen LogP contribution in [0, 0.1) is 23.7 Å². The van der Waals surface area contributed by atoms with E-state index in [0.717, 1.165) is 17.5 Å². The molecule has 0 amide bonds. The third-order valence-corrected chi connectivity index (χ3v) is 8.35. The van der Waals surface area contributed by atoms with Crippen molar-refractivity contribution in [3.05, 3.63) is 50.8 Å². The lowest BCUT2D eigenvalue weighted by molar-refractivity contribution is -0.126. The molecule has 0 aliphatic heterocycles. The van der Waals surface area contributed by atoms with Gasteiger partial charge in [0.1, 0.15) is 11.5 Å². The number of Topliss-reactive ketones (excluding diaryl/α,β-unsaturated/α-hetero) is 3. The van der Waals surface area contributed by atoms with Gasteiger partial charge in [-0.2, -0.15) is 0 Å². The minimum atomic E-state index is -0.992. The van der Waals surface area contributed by atoms with E-state index >= 15 is 0 Å². The van der Waals surface area contributed by atoms with E-state index in [1.165, 1.54) is 6.92 Å². The maximum absolute atomic E-state index is 13.8. The molecule has 4 rings (SSSR count). The Labute approximate surface area is 182 Å². The summed E-state index contributed by atoms with van der Waals surface area (Å²) in [6, 6.07) is 1.95. The largest absolute Gasteiger partial charge is 0.510 e. The van der Waals surface area contributed by atoms with Gasteiger partial charge in [0, 0.05) is 12.0 Å². The van der Waals surface area contributed by atoms with E-state index in [-0.39, 0.29) is 41.0 Å². The van der Waals surface area contributed by atoms with Crippen molar-refractivity contribution in [2.75, 3.05) is 0 Å². The van der Waals surface area contributed by atoms with Crippen molar-refractivity contribution in [2.24, 2.45) is 16.7 Å². The quantitative estimate of drug-likeness (QED) is 0.673. The second-order valence-electron chi connectivity index (χ2n) is 9.95. The van der Waals surface area contributed by atoms with Gasteiger partial charge in [-0.3, -0.25) is 14.4 Å². The van der Waals surface area contributed by atoms with Crippen LogP contribution in [0.25, 0.3) is 0 Å². The number of benzene rings is 1. The molecule has 0 fully saturated rings. The molecule has 0 heterocycles. The highest BCUT2D eigenvalue weighted by Gasteiger charge is 2.60. The highest BCUT2D eigenvalue weighted by atomic mass is 16.3. The van der Waals surface area contributed by atoms with Gasteiger partial charge in [-0.1, -0.05) is 25.5 Å². The number of phenolic OH excluding ortho intramolecular Hbond substituents is 1. The highest BCUT2D eigenvalue weighted by molar-refractivity contribution is 6.21. The van der Waals surface area contributed by atoms with E-state index in [0.29, 0.717) is 35.1 Å². The Morgan fingerprint density at radius 3 is 2.42 bits per heavy atom. The van der Waals surface area contributed by atoms with Crippen molar-refractivity contribution in [2.45, 2.75) is 67.2 Å². The lowest BCUT2D eigenvalue weighted by atomic mass is 9.47. The average molecular weight is 423 g/mol. The fraction of sp³-hybridized carbons (Fsp3) is 0.500. The third-order valence-electron chi connectivity index (χ3n) is 8.35. The molecule has 0 bridgehead atoms. The van der Waals surface area contributed by atoms with Crippen LogP contribution < -0.4 is 0 Å². The van der Waals surface area contributed by atoms with Crippen molar-refractivity contribution >= 4 is 17.3 Å². The van der Waals surface area contributed by atoms with Gasteiger partial charge in [-0.15, -0.1) is 0 Å². The van der Waals surface area contributed by atoms with Crippen molar-refractivity contribution in [1.29, 1.82) is 0 Å². The normalized spacial score (nSPS) is 30.2. The SMILES string of the molecule is CCc1cc(C)c(O)c2c1CC1CC3(C)CC(=O)C(C(C)=O)=C(O)C3(C)C(C)=C1C2=O. The summed E-state index contributed by atoms with van der Waals surface area (Å²) in [7, 11) is 0. The number of aliphatic hydroxyl groups excluding tert-OH is 1. The standard InChI is InChI=1S/C26H30O5/c1-7-15-8-12(2)22(29)21-17(15)9-16-10-25(5)11-18(28)20(14(4)27)24(31)26(25,6)13(3)19(16)23(21)30/h8,16,29,31H,7,9-11H2,1-6H3. The summed E-state index contributed by atoms with van der Waals surface area (Å²) in [6.45, 7) is 10.8. The maximum Gasteiger partial charge on any atom is 0.193 e. The molecule has 0 radical (unpaired) electrons. The molecule has 0 saturated heterocycles. The van der Waals surface area contributed by atoms with Gasteiger partial charge in [-0.25, -0.2) is 0 Å². The summed E-state index contributed by atoms with van der Waals surface area (Å²) < 4.78 is 0. The molecule has 0 spiro atoms. The molecule has 3 unspecified atom stereocenters. The van der Waals surface area contributed by atoms with Crippen LogP contribution in [0.15, 0.2) is 28.5 Å². The smallest absolute Gasteiger partial charge is 0.193 e. The number of carbonyl (C=O) groups excluding carboxylic acids is 3. The Hall–Kier alpha value is -2.69. The number of aryl methyl sites for hydroxylation is 2. The number of ketones is 3. The summed E-state index contributed by atoms with van der Waals surface area (Å²) in [6.07, 6.45) is 2.10. The molecule has 5 nitrogen and oxygen atoms in total. The van der Waals surface area contributed by atoms with Crippen molar-refractivity contribution in [3.63, 3.8) is 0 Å². The van der Waals surface area contributed by atoms with Crippen LogP contribution in [0.3, 0.4) is 0 Å². The number of phenols is 1. The second-order valence-corrected chi connectivity index (χ2v) is 9.95. The van der Waals surface area contributed by atoms with Crippen LogP contribution in [0.5, 0.6) is 5.75 Å². The van der Waals surface area contributed by atoms with Gasteiger partial charge in [0.15, 0.2) is 17.3 Å². The zero-order valence-electron chi connectivity index (χ0n) is 19.1.